The summed E-state index contributed by atoms with van der Waals surface area (Å²) in [5.41, 5.74) is 1.11. The lowest BCUT2D eigenvalue weighted by atomic mass is 10.2. The molecule has 0 saturated heterocycles. The second-order valence-electron chi connectivity index (χ2n) is 3.31. The van der Waals surface area contributed by atoms with Gasteiger partial charge in [0.25, 0.3) is 0 Å². The van der Waals surface area contributed by atoms with Crippen molar-refractivity contribution in [3.8, 4) is 0 Å². The van der Waals surface area contributed by atoms with Crippen LogP contribution in [-0.4, -0.2) is 17.7 Å². The van der Waals surface area contributed by atoms with Crippen LogP contribution in [0.25, 0.3) is 0 Å². The number of aliphatic hydroxyl groups excluding tert-OH is 1. The zero-order chi connectivity index (χ0) is 10.5. The van der Waals surface area contributed by atoms with E-state index in [0.717, 1.165) is 5.56 Å². The summed E-state index contributed by atoms with van der Waals surface area (Å²) in [6, 6.07) is 9.91. The third-order valence-corrected chi connectivity index (χ3v) is 2.12. The Labute approximate surface area is 88.6 Å². The topological polar surface area (TPSA) is 53.5 Å². The Balaban J connectivity index is 1.83. The summed E-state index contributed by atoms with van der Waals surface area (Å²) in [4.78, 5) is 0. The molecule has 0 saturated carbocycles. The molecule has 4 nitrogen and oxygen atoms in total. The molecule has 4 heteroatoms. The first kappa shape index (κ1) is 10.2. The van der Waals surface area contributed by atoms with Crippen molar-refractivity contribution in [1.29, 1.82) is 0 Å². The molecule has 1 aliphatic heterocycles. The highest BCUT2D eigenvalue weighted by molar-refractivity contribution is 5.13. The third-order valence-electron chi connectivity index (χ3n) is 2.12. The summed E-state index contributed by atoms with van der Waals surface area (Å²) in [6.07, 6.45) is 2.50. The minimum atomic E-state index is -0.740. The van der Waals surface area contributed by atoms with Gasteiger partial charge >= 0.3 is 0 Å². The second-order valence-corrected chi connectivity index (χ2v) is 3.31. The van der Waals surface area contributed by atoms with Crippen LogP contribution >= 0.6 is 0 Å². The van der Waals surface area contributed by atoms with Crippen molar-refractivity contribution in [2.45, 2.75) is 19.2 Å². The average molecular weight is 206 g/mol. The van der Waals surface area contributed by atoms with Crippen molar-refractivity contribution in [2.75, 3.05) is 0 Å². The first-order valence-electron chi connectivity index (χ1n) is 4.87. The van der Waals surface area contributed by atoms with E-state index in [-0.39, 0.29) is 6.23 Å². The standard InChI is InChI=1S/C11H14N2O2/c14-11-12-7-6-10(13-11)15-8-9-4-2-1-3-5-9/h1-7,10-14H,8H2. The van der Waals surface area contributed by atoms with E-state index < -0.39 is 6.35 Å². The molecule has 0 spiro atoms. The summed E-state index contributed by atoms with van der Waals surface area (Å²) >= 11 is 0. The fourth-order valence-corrected chi connectivity index (χ4v) is 1.36. The van der Waals surface area contributed by atoms with Crippen LogP contribution in [0, 0.1) is 0 Å². The molecule has 0 aromatic heterocycles. The smallest absolute Gasteiger partial charge is 0.183 e. The van der Waals surface area contributed by atoms with Crippen LogP contribution in [0.4, 0.5) is 0 Å². The fraction of sp³-hybridized carbons (Fsp3) is 0.273. The van der Waals surface area contributed by atoms with E-state index in [1.165, 1.54) is 0 Å². The predicted octanol–water partition coefficient (Wildman–Crippen LogP) is 0.512. The van der Waals surface area contributed by atoms with Crippen molar-refractivity contribution in [2.24, 2.45) is 0 Å². The average Bonchev–Trinajstić information content (AvgIpc) is 2.28. The van der Waals surface area contributed by atoms with E-state index in [2.05, 4.69) is 10.6 Å². The Bertz CT molecular complexity index is 327. The maximum Gasteiger partial charge on any atom is 0.183 e. The highest BCUT2D eigenvalue weighted by Crippen LogP contribution is 2.04. The quantitative estimate of drug-likeness (QED) is 0.674. The summed E-state index contributed by atoms with van der Waals surface area (Å²) in [5, 5.41) is 14.7. The van der Waals surface area contributed by atoms with Gasteiger partial charge in [-0.15, -0.1) is 0 Å². The van der Waals surface area contributed by atoms with E-state index in [4.69, 9.17) is 4.74 Å². The lowest BCUT2D eigenvalue weighted by Crippen LogP contribution is -2.48. The van der Waals surface area contributed by atoms with E-state index in [1.54, 1.807) is 6.20 Å². The maximum atomic E-state index is 9.22. The fourth-order valence-electron chi connectivity index (χ4n) is 1.36. The molecule has 2 unspecified atom stereocenters. The number of aliphatic hydroxyl groups is 1. The van der Waals surface area contributed by atoms with Gasteiger partial charge in [0.2, 0.25) is 0 Å². The van der Waals surface area contributed by atoms with Gasteiger partial charge in [0.05, 0.1) is 6.61 Å². The molecular formula is C11H14N2O2. The van der Waals surface area contributed by atoms with Crippen molar-refractivity contribution < 1.29 is 9.84 Å². The molecule has 0 aliphatic carbocycles. The van der Waals surface area contributed by atoms with E-state index in [1.807, 2.05) is 36.4 Å². The molecule has 3 N–H and O–H groups in total. The molecule has 1 aliphatic rings. The van der Waals surface area contributed by atoms with Crippen LogP contribution in [0.15, 0.2) is 42.6 Å². The molecular weight excluding hydrogens is 192 g/mol. The minimum absolute atomic E-state index is 0.249. The van der Waals surface area contributed by atoms with Crippen LogP contribution in [0.2, 0.25) is 0 Å². The normalized spacial score (nSPS) is 24.9. The highest BCUT2D eigenvalue weighted by Gasteiger charge is 2.13. The van der Waals surface area contributed by atoms with Crippen molar-refractivity contribution in [3.05, 3.63) is 48.2 Å². The van der Waals surface area contributed by atoms with Crippen LogP contribution < -0.4 is 10.6 Å². The molecule has 0 fully saturated rings. The van der Waals surface area contributed by atoms with Crippen LogP contribution in [0.5, 0.6) is 0 Å². The zero-order valence-corrected chi connectivity index (χ0v) is 8.26. The monoisotopic (exact) mass is 206 g/mol. The Hall–Kier alpha value is -1.36. The van der Waals surface area contributed by atoms with Crippen molar-refractivity contribution in [3.63, 3.8) is 0 Å². The molecule has 1 aromatic carbocycles. The van der Waals surface area contributed by atoms with Gasteiger partial charge < -0.3 is 15.2 Å². The van der Waals surface area contributed by atoms with Gasteiger partial charge in [0, 0.05) is 0 Å². The predicted molar refractivity (Wildman–Crippen MR) is 56.4 cm³/mol. The molecule has 2 rings (SSSR count). The second kappa shape index (κ2) is 4.93. The summed E-state index contributed by atoms with van der Waals surface area (Å²) in [7, 11) is 0. The molecule has 15 heavy (non-hydrogen) atoms. The number of nitrogens with one attached hydrogen (secondary N) is 2. The number of benzene rings is 1. The largest absolute Gasteiger partial charge is 0.361 e. The van der Waals surface area contributed by atoms with Gasteiger partial charge in [0.1, 0.15) is 6.23 Å². The van der Waals surface area contributed by atoms with Crippen LogP contribution in [0.3, 0.4) is 0 Å². The first-order valence-corrected chi connectivity index (χ1v) is 4.87. The van der Waals surface area contributed by atoms with Gasteiger partial charge in [-0.3, -0.25) is 0 Å². The number of hydrogen-bond acceptors (Lipinski definition) is 4. The van der Waals surface area contributed by atoms with Crippen molar-refractivity contribution >= 4 is 0 Å². The van der Waals surface area contributed by atoms with Crippen LogP contribution in [-0.2, 0) is 11.3 Å². The molecule has 1 heterocycles. The molecule has 0 radical (unpaired) electrons. The van der Waals surface area contributed by atoms with Gasteiger partial charge in [-0.2, -0.15) is 0 Å². The third kappa shape index (κ3) is 3.06. The Morgan fingerprint density at radius 3 is 2.80 bits per heavy atom. The van der Waals surface area contributed by atoms with Crippen LogP contribution in [0.1, 0.15) is 5.56 Å². The Kier molecular flexibility index (Phi) is 3.34. The lowest BCUT2D eigenvalue weighted by Gasteiger charge is -2.24. The van der Waals surface area contributed by atoms with E-state index in [0.29, 0.717) is 6.61 Å². The van der Waals surface area contributed by atoms with Gasteiger partial charge in [-0.1, -0.05) is 30.3 Å². The molecule has 0 bridgehead atoms. The maximum absolute atomic E-state index is 9.22. The van der Waals surface area contributed by atoms with Gasteiger partial charge in [-0.05, 0) is 17.8 Å². The van der Waals surface area contributed by atoms with Gasteiger partial charge in [-0.25, -0.2) is 5.32 Å². The number of hydrogen-bond donors (Lipinski definition) is 3. The van der Waals surface area contributed by atoms with Crippen molar-refractivity contribution in [1.82, 2.24) is 10.6 Å². The minimum Gasteiger partial charge on any atom is -0.361 e. The van der Waals surface area contributed by atoms with E-state index in [9.17, 15) is 5.11 Å². The van der Waals surface area contributed by atoms with E-state index >= 15 is 0 Å². The molecule has 80 valence electrons. The number of ether oxygens (including phenoxy) is 1. The molecule has 2 atom stereocenters. The number of rotatable bonds is 3. The molecule has 0 amide bonds. The highest BCUT2D eigenvalue weighted by atomic mass is 16.5. The lowest BCUT2D eigenvalue weighted by molar-refractivity contribution is -0.0119. The Morgan fingerprint density at radius 1 is 1.27 bits per heavy atom. The SMILES string of the molecule is OC1NC=CC(OCc2ccccc2)N1. The summed E-state index contributed by atoms with van der Waals surface area (Å²) in [5.74, 6) is 0. The summed E-state index contributed by atoms with van der Waals surface area (Å²) < 4.78 is 5.54. The first-order chi connectivity index (χ1) is 7.34. The van der Waals surface area contributed by atoms with Gasteiger partial charge in [0.15, 0.2) is 6.35 Å². The summed E-state index contributed by atoms with van der Waals surface area (Å²) in [6.45, 7) is 0.523. The molecule has 1 aromatic rings. The Morgan fingerprint density at radius 2 is 2.07 bits per heavy atom. The zero-order valence-electron chi connectivity index (χ0n) is 8.26.